The van der Waals surface area contributed by atoms with Crippen molar-refractivity contribution in [1.29, 1.82) is 0 Å². The van der Waals surface area contributed by atoms with E-state index in [0.717, 1.165) is 0 Å². The molecule has 1 aromatic rings. The molecule has 0 unspecified atom stereocenters. The van der Waals surface area contributed by atoms with Crippen molar-refractivity contribution in [3.05, 3.63) is 34.6 Å². The molecule has 20 heavy (non-hydrogen) atoms. The molecule has 0 amide bonds. The van der Waals surface area contributed by atoms with Crippen LogP contribution >= 0.6 is 0 Å². The molecule has 0 aliphatic carbocycles. The Morgan fingerprint density at radius 1 is 0.700 bits per heavy atom. The lowest BCUT2D eigenvalue weighted by atomic mass is 10.0. The van der Waals surface area contributed by atoms with Crippen molar-refractivity contribution in [3.8, 4) is 0 Å². The highest BCUT2D eigenvalue weighted by molar-refractivity contribution is 5.30. The largest absolute Gasteiger partial charge is 0.448 e. The maximum atomic E-state index is 13.4. The summed E-state index contributed by atoms with van der Waals surface area (Å²) in [5.41, 5.74) is -2.21. The van der Waals surface area contributed by atoms with Crippen LogP contribution < -0.4 is 0 Å². The van der Waals surface area contributed by atoms with Gasteiger partial charge in [0.05, 0.1) is 18.8 Å². The first-order chi connectivity index (χ1) is 9.13. The molecule has 1 saturated heterocycles. The van der Waals surface area contributed by atoms with Gasteiger partial charge in [-0.15, -0.1) is 0 Å². The molecule has 1 fully saturated rings. The quantitative estimate of drug-likeness (QED) is 0.451. The third-order valence-corrected chi connectivity index (χ3v) is 2.61. The van der Waals surface area contributed by atoms with E-state index in [-0.39, 0.29) is 0 Å². The zero-order valence-corrected chi connectivity index (χ0v) is 9.25. The Balaban J connectivity index is 2.80. The molecule has 10 heteroatoms. The molecule has 0 atom stereocenters. The van der Waals surface area contributed by atoms with E-state index in [1.807, 2.05) is 0 Å². The Labute approximate surface area is 105 Å². The van der Waals surface area contributed by atoms with Gasteiger partial charge in [0.25, 0.3) is 0 Å². The van der Waals surface area contributed by atoms with Crippen LogP contribution in [0.2, 0.25) is 0 Å². The minimum Gasteiger partial charge on any atom is -0.336 e. The molecule has 1 aliphatic rings. The van der Waals surface area contributed by atoms with Gasteiger partial charge in [-0.2, -0.15) is 13.2 Å². The Bertz CT molecular complexity index is 518. The summed E-state index contributed by atoms with van der Waals surface area (Å²) in [5.74, 6) is -16.9. The van der Waals surface area contributed by atoms with Gasteiger partial charge in [-0.25, -0.2) is 22.0 Å². The summed E-state index contributed by atoms with van der Waals surface area (Å²) in [6.45, 7) is -1.45. The second-order valence-electron chi connectivity index (χ2n) is 3.76. The maximum absolute atomic E-state index is 13.4. The SMILES string of the molecule is Fc1c(F)c(F)c(C2(C(F)(F)F)OCCO2)c(F)c1F. The Hall–Kier alpha value is -1.42. The lowest BCUT2D eigenvalue weighted by Gasteiger charge is -2.30. The molecule has 2 rings (SSSR count). The van der Waals surface area contributed by atoms with Gasteiger partial charge in [0.1, 0.15) is 0 Å². The summed E-state index contributed by atoms with van der Waals surface area (Å²) in [6.07, 6.45) is -5.54. The van der Waals surface area contributed by atoms with Crippen molar-refractivity contribution in [2.75, 3.05) is 13.2 Å². The summed E-state index contributed by atoms with van der Waals surface area (Å²) in [7, 11) is 0. The van der Waals surface area contributed by atoms with E-state index in [4.69, 9.17) is 0 Å². The third-order valence-electron chi connectivity index (χ3n) is 2.61. The van der Waals surface area contributed by atoms with Gasteiger partial charge < -0.3 is 9.47 Å². The second kappa shape index (κ2) is 4.55. The Kier molecular flexibility index (Phi) is 3.41. The van der Waals surface area contributed by atoms with Crippen molar-refractivity contribution in [2.45, 2.75) is 12.0 Å². The predicted molar refractivity (Wildman–Crippen MR) is 45.9 cm³/mol. The molecule has 1 aromatic carbocycles. The lowest BCUT2D eigenvalue weighted by Crippen LogP contribution is -2.45. The standard InChI is InChI=1S/C10H4F8O2/c11-4-3(5(12)7(14)8(15)6(4)13)9(10(16,17)18)19-1-2-20-9/h1-2H2. The number of halogens is 8. The number of hydrogen-bond acceptors (Lipinski definition) is 2. The van der Waals surface area contributed by atoms with Crippen molar-refractivity contribution < 1.29 is 44.6 Å². The zero-order chi connectivity index (χ0) is 15.3. The molecule has 0 aromatic heterocycles. The Morgan fingerprint density at radius 3 is 1.40 bits per heavy atom. The van der Waals surface area contributed by atoms with E-state index in [9.17, 15) is 35.1 Å². The summed E-state index contributed by atoms with van der Waals surface area (Å²) in [4.78, 5) is 0. The molecular weight excluding hydrogens is 304 g/mol. The molecule has 1 aliphatic heterocycles. The summed E-state index contributed by atoms with van der Waals surface area (Å²) < 4.78 is 113. The average molecular weight is 308 g/mol. The molecule has 2 nitrogen and oxygen atoms in total. The minimum atomic E-state index is -5.54. The fourth-order valence-corrected chi connectivity index (χ4v) is 1.76. The van der Waals surface area contributed by atoms with Crippen molar-refractivity contribution in [1.82, 2.24) is 0 Å². The van der Waals surface area contributed by atoms with Crippen LogP contribution in [0.1, 0.15) is 5.56 Å². The number of ether oxygens (including phenoxy) is 2. The van der Waals surface area contributed by atoms with E-state index in [1.165, 1.54) is 0 Å². The van der Waals surface area contributed by atoms with Crippen LogP contribution in [0.25, 0.3) is 0 Å². The first-order valence-corrected chi connectivity index (χ1v) is 5.00. The Morgan fingerprint density at radius 2 is 1.05 bits per heavy atom. The highest BCUT2D eigenvalue weighted by atomic mass is 19.4. The molecule has 0 saturated carbocycles. The van der Waals surface area contributed by atoms with E-state index in [0.29, 0.717) is 0 Å². The highest BCUT2D eigenvalue weighted by Crippen LogP contribution is 2.48. The summed E-state index contributed by atoms with van der Waals surface area (Å²) in [6, 6.07) is 0. The minimum absolute atomic E-state index is 0.723. The van der Waals surface area contributed by atoms with Gasteiger partial charge in [-0.3, -0.25) is 0 Å². The molecule has 0 spiro atoms. The smallest absolute Gasteiger partial charge is 0.336 e. The van der Waals surface area contributed by atoms with E-state index in [1.54, 1.807) is 0 Å². The van der Waals surface area contributed by atoms with Gasteiger partial charge in [0, 0.05) is 0 Å². The normalized spacial score (nSPS) is 18.6. The van der Waals surface area contributed by atoms with E-state index in [2.05, 4.69) is 9.47 Å². The van der Waals surface area contributed by atoms with Crippen molar-refractivity contribution in [2.24, 2.45) is 0 Å². The van der Waals surface area contributed by atoms with Crippen molar-refractivity contribution in [3.63, 3.8) is 0 Å². The van der Waals surface area contributed by atoms with Crippen LogP contribution in [0.5, 0.6) is 0 Å². The second-order valence-corrected chi connectivity index (χ2v) is 3.76. The van der Waals surface area contributed by atoms with Gasteiger partial charge in [-0.05, 0) is 0 Å². The zero-order valence-electron chi connectivity index (χ0n) is 9.25. The van der Waals surface area contributed by atoms with Gasteiger partial charge >= 0.3 is 12.0 Å². The topological polar surface area (TPSA) is 18.5 Å². The lowest BCUT2D eigenvalue weighted by molar-refractivity contribution is -0.355. The average Bonchev–Trinajstić information content (AvgIpc) is 2.84. The van der Waals surface area contributed by atoms with Crippen LogP contribution in [-0.2, 0) is 15.3 Å². The fraction of sp³-hybridized carbons (Fsp3) is 0.400. The van der Waals surface area contributed by atoms with Crippen LogP contribution in [0.15, 0.2) is 0 Å². The molecule has 112 valence electrons. The fourth-order valence-electron chi connectivity index (χ4n) is 1.76. The van der Waals surface area contributed by atoms with Gasteiger partial charge in [0.15, 0.2) is 23.3 Å². The van der Waals surface area contributed by atoms with Gasteiger partial charge in [-0.1, -0.05) is 0 Å². The third kappa shape index (κ3) is 1.85. The first-order valence-electron chi connectivity index (χ1n) is 5.00. The molecule has 0 N–H and O–H groups in total. The van der Waals surface area contributed by atoms with Crippen molar-refractivity contribution >= 4 is 0 Å². The summed E-state index contributed by atoms with van der Waals surface area (Å²) in [5, 5.41) is 0. The molecule has 0 radical (unpaired) electrons. The predicted octanol–water partition coefficient (Wildman–Crippen LogP) is 3.14. The monoisotopic (exact) mass is 308 g/mol. The first kappa shape index (κ1) is 15.0. The molecule has 0 bridgehead atoms. The molecule has 1 heterocycles. The number of alkyl halides is 3. The number of hydrogen-bond donors (Lipinski definition) is 0. The number of benzene rings is 1. The van der Waals surface area contributed by atoms with Crippen LogP contribution in [0.3, 0.4) is 0 Å². The maximum Gasteiger partial charge on any atom is 0.448 e. The number of rotatable bonds is 1. The highest BCUT2D eigenvalue weighted by Gasteiger charge is 2.64. The van der Waals surface area contributed by atoms with E-state index >= 15 is 0 Å². The van der Waals surface area contributed by atoms with Crippen LogP contribution in [-0.4, -0.2) is 19.4 Å². The van der Waals surface area contributed by atoms with Crippen LogP contribution in [0, 0.1) is 29.1 Å². The summed E-state index contributed by atoms with van der Waals surface area (Å²) >= 11 is 0. The van der Waals surface area contributed by atoms with Gasteiger partial charge in [0.2, 0.25) is 5.82 Å². The van der Waals surface area contributed by atoms with Crippen LogP contribution in [0.4, 0.5) is 35.1 Å². The van der Waals surface area contributed by atoms with E-state index < -0.39 is 59.8 Å². The molecular formula is C10H4F8O2.